The number of Topliss-reactive ketones (excluding diaryl/α,β-unsaturated/α-hetero) is 1. The average Bonchev–Trinajstić information content (AvgIpc) is 3.18. The van der Waals surface area contributed by atoms with E-state index in [0.29, 0.717) is 55.6 Å². The number of ether oxygens (including phenoxy) is 3. The molecule has 0 radical (unpaired) electrons. The Bertz CT molecular complexity index is 1160. The number of aliphatic hydroxyl groups is 1. The number of ketones is 1. The van der Waals surface area contributed by atoms with Crippen molar-refractivity contribution in [2.24, 2.45) is 0 Å². The second kappa shape index (κ2) is 12.1. The normalized spacial score (nSPS) is 18.5. The summed E-state index contributed by atoms with van der Waals surface area (Å²) in [6, 6.07) is 11.7. The molecule has 2 aromatic rings. The van der Waals surface area contributed by atoms with Crippen LogP contribution in [0.15, 0.2) is 48.0 Å². The Morgan fingerprint density at radius 1 is 1.05 bits per heavy atom. The lowest BCUT2D eigenvalue weighted by Crippen LogP contribution is -2.33. The summed E-state index contributed by atoms with van der Waals surface area (Å²) in [4.78, 5) is 30.5. The number of nitrogens with zero attached hydrogens (tertiary/aromatic N) is 2. The maximum absolute atomic E-state index is 13.4. The van der Waals surface area contributed by atoms with Gasteiger partial charge in [-0.1, -0.05) is 32.9 Å². The van der Waals surface area contributed by atoms with E-state index in [1.807, 2.05) is 31.2 Å². The predicted molar refractivity (Wildman–Crippen MR) is 141 cm³/mol. The number of benzene rings is 2. The van der Waals surface area contributed by atoms with Gasteiger partial charge in [0.2, 0.25) is 0 Å². The zero-order valence-electron chi connectivity index (χ0n) is 21.9. The van der Waals surface area contributed by atoms with Crippen molar-refractivity contribution in [1.82, 2.24) is 9.80 Å². The van der Waals surface area contributed by atoms with Crippen LogP contribution >= 0.6 is 0 Å². The topological polar surface area (TPSA) is 88.5 Å². The molecule has 4 rings (SSSR count). The first-order valence-corrected chi connectivity index (χ1v) is 13.1. The second-order valence-electron chi connectivity index (χ2n) is 9.15. The lowest BCUT2D eigenvalue weighted by atomic mass is 9.95. The number of aliphatic hydroxyl groups excluding tert-OH is 1. The zero-order valence-corrected chi connectivity index (χ0v) is 21.9. The highest BCUT2D eigenvalue weighted by molar-refractivity contribution is 6.46. The molecule has 1 amide bonds. The fourth-order valence-electron chi connectivity index (χ4n) is 4.80. The van der Waals surface area contributed by atoms with Gasteiger partial charge in [-0.05, 0) is 68.4 Å². The van der Waals surface area contributed by atoms with E-state index in [0.717, 1.165) is 31.6 Å². The van der Waals surface area contributed by atoms with Crippen LogP contribution in [0.4, 0.5) is 0 Å². The molecule has 1 N–H and O–H groups in total. The summed E-state index contributed by atoms with van der Waals surface area (Å²) in [5.41, 5.74) is 1.18. The number of carbonyl (C=O) groups is 2. The van der Waals surface area contributed by atoms with Gasteiger partial charge in [0.1, 0.15) is 24.7 Å². The Balaban J connectivity index is 1.74. The zero-order chi connectivity index (χ0) is 26.4. The van der Waals surface area contributed by atoms with Gasteiger partial charge in [0.25, 0.3) is 11.7 Å². The van der Waals surface area contributed by atoms with Crippen molar-refractivity contribution in [3.05, 3.63) is 59.2 Å². The number of rotatable bonds is 11. The first-order valence-electron chi connectivity index (χ1n) is 13.1. The molecule has 0 unspecified atom stereocenters. The molecular weight excluding hydrogens is 472 g/mol. The van der Waals surface area contributed by atoms with Gasteiger partial charge in [-0.15, -0.1) is 0 Å². The van der Waals surface area contributed by atoms with Gasteiger partial charge in [0.15, 0.2) is 11.5 Å². The van der Waals surface area contributed by atoms with Crippen LogP contribution in [0, 0.1) is 0 Å². The third-order valence-corrected chi connectivity index (χ3v) is 6.77. The van der Waals surface area contributed by atoms with Crippen molar-refractivity contribution in [2.75, 3.05) is 46.0 Å². The molecule has 8 nitrogen and oxygen atoms in total. The minimum Gasteiger partial charge on any atom is -0.507 e. The van der Waals surface area contributed by atoms with E-state index in [-0.39, 0.29) is 11.3 Å². The van der Waals surface area contributed by atoms with Crippen LogP contribution in [0.3, 0.4) is 0 Å². The highest BCUT2D eigenvalue weighted by Gasteiger charge is 2.46. The third-order valence-electron chi connectivity index (χ3n) is 6.77. The average molecular weight is 509 g/mol. The van der Waals surface area contributed by atoms with Crippen LogP contribution < -0.4 is 14.2 Å². The van der Waals surface area contributed by atoms with Gasteiger partial charge < -0.3 is 29.1 Å². The van der Waals surface area contributed by atoms with Gasteiger partial charge in [0, 0.05) is 12.1 Å². The minimum atomic E-state index is -0.727. The van der Waals surface area contributed by atoms with Gasteiger partial charge in [-0.2, -0.15) is 0 Å². The standard InChI is InChI=1S/C29H36N2O6/c1-4-15-35-22-10-7-9-20(18-22)26-25(27(32)21-11-12-23-24(19-21)37-17-16-36-23)28(33)29(34)31(26)14-8-13-30(5-2)6-3/h7,9-12,18-19,26,32H,4-6,8,13-17H2,1-3H3/b27-25+/t26-/m0/s1. The molecular formula is C29H36N2O6. The molecule has 0 saturated carbocycles. The molecule has 0 spiro atoms. The molecule has 1 atom stereocenters. The fraction of sp³-hybridized carbons (Fsp3) is 0.448. The molecule has 2 aliphatic heterocycles. The van der Waals surface area contributed by atoms with Crippen molar-refractivity contribution < 1.29 is 28.9 Å². The largest absolute Gasteiger partial charge is 0.507 e. The summed E-state index contributed by atoms with van der Waals surface area (Å²) in [6.07, 6.45) is 1.57. The van der Waals surface area contributed by atoms with Crippen LogP contribution in [0.2, 0.25) is 0 Å². The Morgan fingerprint density at radius 3 is 2.54 bits per heavy atom. The van der Waals surface area contributed by atoms with Crippen LogP contribution in [0.1, 0.15) is 50.8 Å². The first kappa shape index (κ1) is 26.5. The molecule has 1 fully saturated rings. The lowest BCUT2D eigenvalue weighted by Gasteiger charge is -2.27. The highest BCUT2D eigenvalue weighted by Crippen LogP contribution is 2.41. The monoisotopic (exact) mass is 508 g/mol. The van der Waals surface area contributed by atoms with Crippen LogP contribution in [-0.2, 0) is 9.59 Å². The quantitative estimate of drug-likeness (QED) is 0.273. The lowest BCUT2D eigenvalue weighted by molar-refractivity contribution is -0.140. The Labute approximate surface area is 218 Å². The van der Waals surface area contributed by atoms with Crippen molar-refractivity contribution in [3.63, 3.8) is 0 Å². The van der Waals surface area contributed by atoms with Gasteiger partial charge in [-0.25, -0.2) is 0 Å². The molecule has 2 aliphatic rings. The van der Waals surface area contributed by atoms with E-state index >= 15 is 0 Å². The summed E-state index contributed by atoms with van der Waals surface area (Å²) >= 11 is 0. The summed E-state index contributed by atoms with van der Waals surface area (Å²) in [5, 5.41) is 11.4. The van der Waals surface area contributed by atoms with Gasteiger partial charge in [0.05, 0.1) is 18.2 Å². The van der Waals surface area contributed by atoms with E-state index < -0.39 is 17.7 Å². The molecule has 198 valence electrons. The highest BCUT2D eigenvalue weighted by atomic mass is 16.6. The van der Waals surface area contributed by atoms with Crippen molar-refractivity contribution in [2.45, 2.75) is 39.7 Å². The number of hydrogen-bond acceptors (Lipinski definition) is 7. The maximum atomic E-state index is 13.4. The SMILES string of the molecule is CCCOc1cccc([C@H]2/C(=C(\O)c3ccc4c(c3)OCCO4)C(=O)C(=O)N2CCCN(CC)CC)c1. The smallest absolute Gasteiger partial charge is 0.295 e. The number of hydrogen-bond donors (Lipinski definition) is 1. The van der Waals surface area contributed by atoms with E-state index in [2.05, 4.69) is 18.7 Å². The molecule has 2 aromatic carbocycles. The summed E-state index contributed by atoms with van der Waals surface area (Å²) < 4.78 is 17.1. The summed E-state index contributed by atoms with van der Waals surface area (Å²) in [6.45, 7) is 10.7. The Hall–Kier alpha value is -3.52. The van der Waals surface area contributed by atoms with Crippen molar-refractivity contribution in [3.8, 4) is 17.2 Å². The molecule has 37 heavy (non-hydrogen) atoms. The molecule has 0 bridgehead atoms. The molecule has 0 aromatic heterocycles. The fourth-order valence-corrected chi connectivity index (χ4v) is 4.80. The number of amides is 1. The second-order valence-corrected chi connectivity index (χ2v) is 9.15. The summed E-state index contributed by atoms with van der Waals surface area (Å²) in [7, 11) is 0. The summed E-state index contributed by atoms with van der Waals surface area (Å²) in [5.74, 6) is 0.203. The van der Waals surface area contributed by atoms with Gasteiger partial charge >= 0.3 is 0 Å². The number of fused-ring (bicyclic) bond motifs is 1. The molecule has 0 aliphatic carbocycles. The Morgan fingerprint density at radius 2 is 1.81 bits per heavy atom. The third kappa shape index (κ3) is 5.74. The maximum Gasteiger partial charge on any atom is 0.295 e. The molecule has 1 saturated heterocycles. The van der Waals surface area contributed by atoms with E-state index in [9.17, 15) is 14.7 Å². The van der Waals surface area contributed by atoms with E-state index in [4.69, 9.17) is 14.2 Å². The van der Waals surface area contributed by atoms with Crippen LogP contribution in [-0.4, -0.2) is 72.6 Å². The molecule has 8 heteroatoms. The van der Waals surface area contributed by atoms with E-state index in [1.54, 1.807) is 23.1 Å². The van der Waals surface area contributed by atoms with Crippen LogP contribution in [0.5, 0.6) is 17.2 Å². The van der Waals surface area contributed by atoms with E-state index in [1.165, 1.54) is 0 Å². The predicted octanol–water partition coefficient (Wildman–Crippen LogP) is 4.40. The molecule has 2 heterocycles. The Kier molecular flexibility index (Phi) is 8.71. The number of likely N-dealkylation sites (tertiary alicyclic amines) is 1. The number of carbonyl (C=O) groups excluding carboxylic acids is 2. The minimum absolute atomic E-state index is 0.0668. The first-order chi connectivity index (χ1) is 18.0. The van der Waals surface area contributed by atoms with Gasteiger partial charge in [-0.3, -0.25) is 9.59 Å². The van der Waals surface area contributed by atoms with Crippen molar-refractivity contribution in [1.29, 1.82) is 0 Å². The van der Waals surface area contributed by atoms with Crippen LogP contribution in [0.25, 0.3) is 5.76 Å². The van der Waals surface area contributed by atoms with Crippen molar-refractivity contribution >= 4 is 17.4 Å².